The standard InChI is InChI=1S/C11H23NO6P2/c1-10(2)12-9-7-5-4-6-8-11(3,17-19(13)14)18-20(15)16/h10,12H,4-9H2,1-3H3/p+2. The fourth-order valence-electron chi connectivity index (χ4n) is 1.75. The molecule has 0 fully saturated rings. The second kappa shape index (κ2) is 10.7. The van der Waals surface area contributed by atoms with E-state index in [1.165, 1.54) is 6.92 Å². The van der Waals surface area contributed by atoms with Crippen LogP contribution in [0.15, 0.2) is 0 Å². The topological polar surface area (TPSA) is 105 Å². The monoisotopic (exact) mass is 329 g/mol. The molecule has 0 aliphatic heterocycles. The molecule has 0 radical (unpaired) electrons. The Morgan fingerprint density at radius 1 is 1.05 bits per heavy atom. The molecule has 0 aromatic rings. The van der Waals surface area contributed by atoms with E-state index in [0.717, 1.165) is 25.8 Å². The highest BCUT2D eigenvalue weighted by Gasteiger charge is 2.44. The molecule has 3 N–H and O–H groups in total. The maximum atomic E-state index is 10.7. The Labute approximate surface area is 122 Å². The molecule has 0 aromatic carbocycles. The fraction of sp³-hybridized carbons (Fsp3) is 1.00. The van der Waals surface area contributed by atoms with E-state index in [9.17, 15) is 9.13 Å². The van der Waals surface area contributed by atoms with Crippen LogP contribution in [0.4, 0.5) is 0 Å². The summed E-state index contributed by atoms with van der Waals surface area (Å²) in [5, 5.41) is 3.31. The molecule has 7 nitrogen and oxygen atoms in total. The second-order valence-electron chi connectivity index (χ2n) is 5.07. The minimum atomic E-state index is -2.88. The normalized spacial score (nSPS) is 16.1. The molecule has 0 spiro atoms. The number of hydrogen-bond donors (Lipinski definition) is 3. The Bertz CT molecular complexity index is 297. The minimum absolute atomic E-state index is 0.286. The third kappa shape index (κ3) is 11.8. The van der Waals surface area contributed by atoms with Crippen LogP contribution in [-0.4, -0.2) is 28.2 Å². The van der Waals surface area contributed by atoms with Crippen molar-refractivity contribution in [3.8, 4) is 0 Å². The molecule has 0 aliphatic carbocycles. The molecular formula is C11H25NO6P2+2. The molecule has 118 valence electrons. The van der Waals surface area contributed by atoms with Gasteiger partial charge in [0.1, 0.15) is 0 Å². The van der Waals surface area contributed by atoms with Gasteiger partial charge in [-0.15, -0.1) is 9.79 Å². The SMILES string of the molecule is CC(C)NCCCCCCC(C)(O[P+](=O)O)O[P+](=O)O. The molecule has 0 rings (SSSR count). The summed E-state index contributed by atoms with van der Waals surface area (Å²) < 4.78 is 30.8. The zero-order valence-corrected chi connectivity index (χ0v) is 14.0. The van der Waals surface area contributed by atoms with Crippen LogP contribution in [0, 0.1) is 0 Å². The average molecular weight is 329 g/mol. The molecule has 9 heteroatoms. The highest BCUT2D eigenvalue weighted by Crippen LogP contribution is 2.37. The van der Waals surface area contributed by atoms with Crippen LogP contribution in [0.25, 0.3) is 0 Å². The minimum Gasteiger partial charge on any atom is -0.315 e. The summed E-state index contributed by atoms with van der Waals surface area (Å²) in [6.45, 7) is 6.52. The molecule has 0 saturated heterocycles. The molecule has 0 bridgehead atoms. The Morgan fingerprint density at radius 3 is 2.00 bits per heavy atom. The molecular weight excluding hydrogens is 304 g/mol. The first-order valence-corrected chi connectivity index (χ1v) is 8.95. The van der Waals surface area contributed by atoms with Crippen molar-refractivity contribution in [2.24, 2.45) is 0 Å². The van der Waals surface area contributed by atoms with Crippen molar-refractivity contribution in [2.75, 3.05) is 6.54 Å². The van der Waals surface area contributed by atoms with Crippen LogP contribution < -0.4 is 5.32 Å². The van der Waals surface area contributed by atoms with Crippen LogP contribution in [0.3, 0.4) is 0 Å². The summed E-state index contributed by atoms with van der Waals surface area (Å²) in [5.41, 5.74) is 0. The van der Waals surface area contributed by atoms with Gasteiger partial charge in [-0.05, 0) is 26.3 Å². The van der Waals surface area contributed by atoms with Gasteiger partial charge in [-0.3, -0.25) is 0 Å². The first-order chi connectivity index (χ1) is 9.25. The first kappa shape index (κ1) is 20.0. The van der Waals surface area contributed by atoms with Crippen molar-refractivity contribution >= 4 is 16.5 Å². The van der Waals surface area contributed by atoms with Crippen molar-refractivity contribution in [3.63, 3.8) is 0 Å². The Kier molecular flexibility index (Phi) is 10.7. The molecule has 2 unspecified atom stereocenters. The van der Waals surface area contributed by atoms with E-state index in [4.69, 9.17) is 18.8 Å². The van der Waals surface area contributed by atoms with Crippen molar-refractivity contribution < 1.29 is 28.0 Å². The molecule has 0 heterocycles. The maximum Gasteiger partial charge on any atom is 0.697 e. The summed E-state index contributed by atoms with van der Waals surface area (Å²) in [6.07, 6.45) is 3.91. The van der Waals surface area contributed by atoms with Gasteiger partial charge in [0.15, 0.2) is 0 Å². The van der Waals surface area contributed by atoms with Crippen LogP contribution in [0.5, 0.6) is 0 Å². The van der Waals surface area contributed by atoms with E-state index in [1.54, 1.807) is 0 Å². The van der Waals surface area contributed by atoms with Gasteiger partial charge in [0.2, 0.25) is 0 Å². The highest BCUT2D eigenvalue weighted by molar-refractivity contribution is 7.33. The summed E-state index contributed by atoms with van der Waals surface area (Å²) in [7, 11) is -5.76. The van der Waals surface area contributed by atoms with Gasteiger partial charge in [-0.1, -0.05) is 35.7 Å². The van der Waals surface area contributed by atoms with E-state index in [2.05, 4.69) is 19.2 Å². The molecule has 2 atom stereocenters. The molecule has 0 aromatic heterocycles. The lowest BCUT2D eigenvalue weighted by Gasteiger charge is -2.15. The van der Waals surface area contributed by atoms with Crippen molar-refractivity contribution in [3.05, 3.63) is 0 Å². The second-order valence-corrected chi connectivity index (χ2v) is 6.38. The zero-order chi connectivity index (χ0) is 15.6. The van der Waals surface area contributed by atoms with Crippen molar-refractivity contribution in [1.82, 2.24) is 5.32 Å². The molecule has 0 amide bonds. The Balaban J connectivity index is 3.90. The van der Waals surface area contributed by atoms with E-state index >= 15 is 0 Å². The van der Waals surface area contributed by atoms with E-state index in [0.29, 0.717) is 12.5 Å². The van der Waals surface area contributed by atoms with Crippen molar-refractivity contribution in [1.29, 1.82) is 0 Å². The summed E-state index contributed by atoms with van der Waals surface area (Å²) >= 11 is 0. The van der Waals surface area contributed by atoms with Crippen molar-refractivity contribution in [2.45, 2.75) is 64.7 Å². The largest absolute Gasteiger partial charge is 0.697 e. The third-order valence-corrected chi connectivity index (χ3v) is 3.74. The first-order valence-electron chi connectivity index (χ1n) is 6.69. The van der Waals surface area contributed by atoms with Gasteiger partial charge in [0.05, 0.1) is 0 Å². The number of unbranched alkanes of at least 4 members (excludes halogenated alkanes) is 3. The maximum absolute atomic E-state index is 10.7. The van der Waals surface area contributed by atoms with Gasteiger partial charge in [0.25, 0.3) is 5.79 Å². The van der Waals surface area contributed by atoms with Gasteiger partial charge in [-0.25, -0.2) is 0 Å². The van der Waals surface area contributed by atoms with Gasteiger partial charge in [-0.2, -0.15) is 0 Å². The van der Waals surface area contributed by atoms with Crippen LogP contribution >= 0.6 is 16.5 Å². The molecule has 0 saturated carbocycles. The van der Waals surface area contributed by atoms with Crippen LogP contribution in [-0.2, 0) is 18.2 Å². The third-order valence-electron chi connectivity index (χ3n) is 2.65. The van der Waals surface area contributed by atoms with E-state index in [-0.39, 0.29) is 6.42 Å². The summed E-state index contributed by atoms with van der Waals surface area (Å²) in [4.78, 5) is 17.5. The van der Waals surface area contributed by atoms with E-state index in [1.807, 2.05) is 0 Å². The Hall–Kier alpha value is -0.0000000000000000763. The lowest BCUT2D eigenvalue weighted by atomic mass is 10.1. The molecule has 20 heavy (non-hydrogen) atoms. The lowest BCUT2D eigenvalue weighted by Crippen LogP contribution is -2.27. The zero-order valence-electron chi connectivity index (χ0n) is 12.2. The Morgan fingerprint density at radius 2 is 1.55 bits per heavy atom. The predicted molar refractivity (Wildman–Crippen MR) is 76.4 cm³/mol. The average Bonchev–Trinajstić information content (AvgIpc) is 2.24. The molecule has 0 aliphatic rings. The van der Waals surface area contributed by atoms with Gasteiger partial charge >= 0.3 is 16.5 Å². The van der Waals surface area contributed by atoms with Crippen LogP contribution in [0.2, 0.25) is 0 Å². The quantitative estimate of drug-likeness (QED) is 0.287. The van der Waals surface area contributed by atoms with E-state index < -0.39 is 22.3 Å². The smallest absolute Gasteiger partial charge is 0.315 e. The van der Waals surface area contributed by atoms with Crippen LogP contribution in [0.1, 0.15) is 52.9 Å². The number of nitrogens with one attached hydrogen (secondary N) is 1. The summed E-state index contributed by atoms with van der Waals surface area (Å²) in [5.74, 6) is -1.50. The van der Waals surface area contributed by atoms with Gasteiger partial charge < -0.3 is 5.32 Å². The lowest BCUT2D eigenvalue weighted by molar-refractivity contribution is -0.106. The summed E-state index contributed by atoms with van der Waals surface area (Å²) in [6, 6.07) is 0.474. The fourth-order valence-corrected chi connectivity index (χ4v) is 2.73. The number of hydrogen-bond acceptors (Lipinski definition) is 5. The highest BCUT2D eigenvalue weighted by atomic mass is 31.1. The van der Waals surface area contributed by atoms with Gasteiger partial charge in [0, 0.05) is 21.6 Å². The number of rotatable bonds is 12. The predicted octanol–water partition coefficient (Wildman–Crippen LogP) is 2.98.